The standard InChI is InChI=1S/C23H22N4O/c1-3-18-13-17(7-11-21(18)25-4-2)14-26-23-20(24)10-12-22(27-23)19-8-5-16(15-28)6-9-19/h3-13,15H,1,14,24H2,2H3,(H,26,27). The van der Waals surface area contributed by atoms with Crippen molar-refractivity contribution in [3.63, 3.8) is 0 Å². The maximum atomic E-state index is 10.8. The average molecular weight is 370 g/mol. The summed E-state index contributed by atoms with van der Waals surface area (Å²) in [5, 5.41) is 3.30. The summed E-state index contributed by atoms with van der Waals surface area (Å²) in [6.45, 7) is 6.31. The zero-order valence-corrected chi connectivity index (χ0v) is 15.7. The largest absolute Gasteiger partial charge is 0.396 e. The van der Waals surface area contributed by atoms with E-state index >= 15 is 0 Å². The van der Waals surface area contributed by atoms with Gasteiger partial charge in [-0.05, 0) is 42.3 Å². The normalized spacial score (nSPS) is 10.8. The van der Waals surface area contributed by atoms with Crippen LogP contribution < -0.4 is 11.1 Å². The van der Waals surface area contributed by atoms with Gasteiger partial charge in [-0.3, -0.25) is 9.79 Å². The Bertz CT molecular complexity index is 1020. The second kappa shape index (κ2) is 8.77. The van der Waals surface area contributed by atoms with Crippen molar-refractivity contribution in [2.75, 3.05) is 11.1 Å². The zero-order chi connectivity index (χ0) is 19.9. The smallest absolute Gasteiger partial charge is 0.150 e. The molecule has 5 nitrogen and oxygen atoms in total. The molecule has 0 atom stereocenters. The minimum Gasteiger partial charge on any atom is -0.396 e. The van der Waals surface area contributed by atoms with Crippen LogP contribution in [0.4, 0.5) is 17.2 Å². The summed E-state index contributed by atoms with van der Waals surface area (Å²) in [6, 6.07) is 17.0. The summed E-state index contributed by atoms with van der Waals surface area (Å²) >= 11 is 0. The maximum absolute atomic E-state index is 10.8. The van der Waals surface area contributed by atoms with E-state index in [4.69, 9.17) is 5.73 Å². The topological polar surface area (TPSA) is 80.4 Å². The molecule has 2 aromatic carbocycles. The van der Waals surface area contributed by atoms with Crippen molar-refractivity contribution in [3.05, 3.63) is 77.9 Å². The highest BCUT2D eigenvalue weighted by Crippen LogP contribution is 2.25. The number of nitrogens with one attached hydrogen (secondary N) is 1. The summed E-state index contributed by atoms with van der Waals surface area (Å²) in [5.74, 6) is 0.618. The molecular weight excluding hydrogens is 348 g/mol. The van der Waals surface area contributed by atoms with E-state index in [0.717, 1.165) is 34.4 Å². The number of anilines is 2. The second-order valence-electron chi connectivity index (χ2n) is 6.21. The van der Waals surface area contributed by atoms with Crippen molar-refractivity contribution in [1.82, 2.24) is 4.98 Å². The second-order valence-corrected chi connectivity index (χ2v) is 6.21. The lowest BCUT2D eigenvalue weighted by atomic mass is 10.1. The third-order valence-corrected chi connectivity index (χ3v) is 4.31. The Morgan fingerprint density at radius 3 is 2.61 bits per heavy atom. The van der Waals surface area contributed by atoms with Crippen molar-refractivity contribution in [2.24, 2.45) is 4.99 Å². The van der Waals surface area contributed by atoms with Crippen molar-refractivity contribution in [3.8, 4) is 11.3 Å². The van der Waals surface area contributed by atoms with Gasteiger partial charge in [0.15, 0.2) is 0 Å². The van der Waals surface area contributed by atoms with E-state index in [9.17, 15) is 4.79 Å². The van der Waals surface area contributed by atoms with Crippen molar-refractivity contribution in [2.45, 2.75) is 13.5 Å². The molecule has 140 valence electrons. The fraction of sp³-hybridized carbons (Fsp3) is 0.0870. The third-order valence-electron chi connectivity index (χ3n) is 4.31. The van der Waals surface area contributed by atoms with E-state index in [1.54, 1.807) is 24.4 Å². The quantitative estimate of drug-likeness (QED) is 0.447. The van der Waals surface area contributed by atoms with E-state index in [-0.39, 0.29) is 0 Å². The molecule has 5 heteroatoms. The Morgan fingerprint density at radius 2 is 1.93 bits per heavy atom. The van der Waals surface area contributed by atoms with Gasteiger partial charge in [-0.2, -0.15) is 0 Å². The van der Waals surface area contributed by atoms with Crippen LogP contribution in [0.2, 0.25) is 0 Å². The molecule has 0 saturated carbocycles. The number of rotatable bonds is 7. The predicted octanol–water partition coefficient (Wildman–Crippen LogP) is 5.12. The summed E-state index contributed by atoms with van der Waals surface area (Å²) < 4.78 is 0. The number of aliphatic imine (C=N–C) groups is 1. The molecule has 0 unspecified atom stereocenters. The number of carbonyl (C=O) groups excluding carboxylic acids is 1. The van der Waals surface area contributed by atoms with Gasteiger partial charge in [0.2, 0.25) is 0 Å². The van der Waals surface area contributed by atoms with Gasteiger partial charge in [0.05, 0.1) is 17.1 Å². The molecule has 1 heterocycles. The Kier molecular flexibility index (Phi) is 5.97. The predicted molar refractivity (Wildman–Crippen MR) is 117 cm³/mol. The van der Waals surface area contributed by atoms with Gasteiger partial charge in [0.25, 0.3) is 0 Å². The number of hydrogen-bond donors (Lipinski definition) is 2. The summed E-state index contributed by atoms with van der Waals surface area (Å²) in [6.07, 6.45) is 4.38. The molecule has 0 aliphatic heterocycles. The Hall–Kier alpha value is -3.73. The number of aromatic nitrogens is 1. The van der Waals surface area contributed by atoms with Crippen molar-refractivity contribution < 1.29 is 4.79 Å². The van der Waals surface area contributed by atoms with Crippen LogP contribution >= 0.6 is 0 Å². The SMILES string of the molecule is C=Cc1cc(CNc2nc(-c3ccc(C=O)cc3)ccc2N)ccc1N=CC. The molecular formula is C23H22N4O. The first-order valence-corrected chi connectivity index (χ1v) is 8.94. The summed E-state index contributed by atoms with van der Waals surface area (Å²) in [7, 11) is 0. The molecule has 0 aliphatic rings. The lowest BCUT2D eigenvalue weighted by Gasteiger charge is -2.12. The van der Waals surface area contributed by atoms with Crippen LogP contribution in [0.3, 0.4) is 0 Å². The van der Waals surface area contributed by atoms with Crippen LogP contribution in [0.15, 0.2) is 66.2 Å². The molecule has 3 N–H and O–H groups in total. The highest BCUT2D eigenvalue weighted by molar-refractivity contribution is 5.77. The molecule has 0 spiro atoms. The minimum absolute atomic E-state index is 0.571. The van der Waals surface area contributed by atoms with E-state index in [1.807, 2.05) is 49.4 Å². The van der Waals surface area contributed by atoms with Crippen LogP contribution in [0, 0.1) is 0 Å². The molecule has 1 aromatic heterocycles. The Balaban J connectivity index is 1.80. The average Bonchev–Trinajstić information content (AvgIpc) is 2.74. The molecule has 0 fully saturated rings. The molecule has 0 saturated heterocycles. The summed E-state index contributed by atoms with van der Waals surface area (Å²) in [5.41, 5.74) is 11.9. The number of nitrogens with two attached hydrogens (primary N) is 1. The number of carbonyl (C=O) groups is 1. The minimum atomic E-state index is 0.571. The van der Waals surface area contributed by atoms with Gasteiger partial charge in [0.1, 0.15) is 12.1 Å². The Labute approximate surface area is 164 Å². The summed E-state index contributed by atoms with van der Waals surface area (Å²) in [4.78, 5) is 19.8. The molecule has 0 amide bonds. The van der Waals surface area contributed by atoms with E-state index < -0.39 is 0 Å². The van der Waals surface area contributed by atoms with Gasteiger partial charge in [-0.15, -0.1) is 0 Å². The maximum Gasteiger partial charge on any atom is 0.150 e. The molecule has 3 rings (SSSR count). The molecule has 28 heavy (non-hydrogen) atoms. The highest BCUT2D eigenvalue weighted by Gasteiger charge is 2.07. The van der Waals surface area contributed by atoms with E-state index in [1.165, 1.54) is 0 Å². The van der Waals surface area contributed by atoms with Gasteiger partial charge in [0, 0.05) is 23.9 Å². The number of pyridine rings is 1. The highest BCUT2D eigenvalue weighted by atomic mass is 16.1. The van der Waals surface area contributed by atoms with Crippen LogP contribution in [0.5, 0.6) is 0 Å². The lowest BCUT2D eigenvalue weighted by molar-refractivity contribution is 0.112. The number of hydrogen-bond acceptors (Lipinski definition) is 5. The van der Waals surface area contributed by atoms with Crippen LogP contribution in [0.25, 0.3) is 17.3 Å². The first kappa shape index (κ1) is 19.0. The molecule has 0 aliphatic carbocycles. The lowest BCUT2D eigenvalue weighted by Crippen LogP contribution is -2.05. The first-order chi connectivity index (χ1) is 13.6. The van der Waals surface area contributed by atoms with Gasteiger partial charge >= 0.3 is 0 Å². The van der Waals surface area contributed by atoms with Gasteiger partial charge in [-0.25, -0.2) is 4.98 Å². The first-order valence-electron chi connectivity index (χ1n) is 8.94. The zero-order valence-electron chi connectivity index (χ0n) is 15.7. The number of aldehydes is 1. The molecule has 0 bridgehead atoms. The number of benzene rings is 2. The molecule has 3 aromatic rings. The van der Waals surface area contributed by atoms with E-state index in [0.29, 0.717) is 23.6 Å². The van der Waals surface area contributed by atoms with Crippen molar-refractivity contribution in [1.29, 1.82) is 0 Å². The third kappa shape index (κ3) is 4.32. The number of nitrogen functional groups attached to an aromatic ring is 1. The number of nitrogens with zero attached hydrogens (tertiary/aromatic N) is 2. The van der Waals surface area contributed by atoms with Crippen LogP contribution in [-0.4, -0.2) is 17.5 Å². The van der Waals surface area contributed by atoms with Gasteiger partial charge in [-0.1, -0.05) is 43.0 Å². The molecule has 0 radical (unpaired) electrons. The van der Waals surface area contributed by atoms with E-state index in [2.05, 4.69) is 21.9 Å². The van der Waals surface area contributed by atoms with Crippen molar-refractivity contribution >= 4 is 35.8 Å². The fourth-order valence-electron chi connectivity index (χ4n) is 2.82. The monoisotopic (exact) mass is 370 g/mol. The van der Waals surface area contributed by atoms with Gasteiger partial charge < -0.3 is 11.1 Å². The fourth-order valence-corrected chi connectivity index (χ4v) is 2.82. The van der Waals surface area contributed by atoms with Crippen LogP contribution in [0.1, 0.15) is 28.4 Å². The Morgan fingerprint density at radius 1 is 1.14 bits per heavy atom. The van der Waals surface area contributed by atoms with Crippen LogP contribution in [-0.2, 0) is 6.54 Å².